The Kier molecular flexibility index (Phi) is 5.11. The van der Waals surface area contributed by atoms with E-state index in [1.807, 2.05) is 31.2 Å². The molecule has 0 unspecified atom stereocenters. The summed E-state index contributed by atoms with van der Waals surface area (Å²) in [5, 5.41) is 9.10. The normalized spacial score (nSPS) is 11.4. The minimum atomic E-state index is -0.234. The average molecular weight is 371 g/mol. The molecule has 2 aromatic carbocycles. The van der Waals surface area contributed by atoms with E-state index < -0.39 is 0 Å². The van der Waals surface area contributed by atoms with Gasteiger partial charge in [-0.1, -0.05) is 41.4 Å². The van der Waals surface area contributed by atoms with Crippen LogP contribution in [0.1, 0.15) is 27.3 Å². The van der Waals surface area contributed by atoms with Crippen LogP contribution in [0.3, 0.4) is 0 Å². The number of nitrogens with zero attached hydrogens (tertiary/aromatic N) is 1. The number of H-pyrrole nitrogens is 2. The molecule has 126 valence electrons. The highest BCUT2D eigenvalue weighted by molar-refractivity contribution is 7.71. The maximum atomic E-state index is 12.5. The Bertz CT molecular complexity index is 971. The summed E-state index contributed by atoms with van der Waals surface area (Å²) in [7, 11) is 0. The lowest BCUT2D eigenvalue weighted by Crippen LogP contribution is -2.22. The van der Waals surface area contributed by atoms with Crippen molar-refractivity contribution in [2.24, 2.45) is 0 Å². The number of aryl methyl sites for hydroxylation is 1. The zero-order valence-corrected chi connectivity index (χ0v) is 14.9. The summed E-state index contributed by atoms with van der Waals surface area (Å²) < 4.78 is 0.307. The average Bonchev–Trinajstić information content (AvgIpc) is 3.03. The van der Waals surface area contributed by atoms with Crippen molar-refractivity contribution >= 4 is 41.5 Å². The van der Waals surface area contributed by atoms with Gasteiger partial charge in [-0.05, 0) is 55.0 Å². The molecule has 0 aliphatic rings. The van der Waals surface area contributed by atoms with E-state index in [1.54, 1.807) is 30.3 Å². The third-order valence-electron chi connectivity index (χ3n) is 3.50. The number of amides is 1. The first-order valence-corrected chi connectivity index (χ1v) is 8.30. The molecule has 0 saturated heterocycles. The zero-order valence-electron chi connectivity index (χ0n) is 13.3. The van der Waals surface area contributed by atoms with Gasteiger partial charge in [0.15, 0.2) is 5.82 Å². The highest BCUT2D eigenvalue weighted by atomic mass is 35.5. The summed E-state index contributed by atoms with van der Waals surface area (Å²) >= 11 is 10.9. The summed E-state index contributed by atoms with van der Waals surface area (Å²) in [6, 6.07) is 14.6. The Balaban J connectivity index is 1.93. The molecule has 0 saturated carbocycles. The number of aromatic nitrogens is 3. The van der Waals surface area contributed by atoms with Gasteiger partial charge in [0, 0.05) is 10.6 Å². The van der Waals surface area contributed by atoms with Gasteiger partial charge in [-0.25, -0.2) is 0 Å². The summed E-state index contributed by atoms with van der Waals surface area (Å²) in [6.45, 7) is 1.97. The van der Waals surface area contributed by atoms with Crippen LogP contribution < -0.4 is 5.32 Å². The predicted octanol–water partition coefficient (Wildman–Crippen LogP) is 4.36. The standard InChI is InChI=1S/C18H15ClN4OS/c1-11-2-6-13(7-3-11)17(24)20-15(16-21-18(25)23-22-16)10-12-4-8-14(19)9-5-12/h2-10H,1H3,(H,20,24)(H2,21,22,23,25). The Morgan fingerprint density at radius 1 is 1.12 bits per heavy atom. The fraction of sp³-hybridized carbons (Fsp3) is 0.0556. The Hall–Kier alpha value is -2.70. The van der Waals surface area contributed by atoms with Crippen molar-refractivity contribution in [2.45, 2.75) is 6.92 Å². The first-order chi connectivity index (χ1) is 12.0. The van der Waals surface area contributed by atoms with Gasteiger partial charge in [0.1, 0.15) is 0 Å². The molecule has 3 rings (SSSR count). The van der Waals surface area contributed by atoms with Crippen molar-refractivity contribution < 1.29 is 4.79 Å². The third-order valence-corrected chi connectivity index (χ3v) is 3.94. The first kappa shape index (κ1) is 17.1. The molecule has 0 aliphatic carbocycles. The highest BCUT2D eigenvalue weighted by Crippen LogP contribution is 2.16. The van der Waals surface area contributed by atoms with E-state index in [9.17, 15) is 4.79 Å². The zero-order chi connectivity index (χ0) is 17.8. The molecule has 0 fully saturated rings. The SMILES string of the molecule is Cc1ccc(C(=O)NC(=Cc2ccc(Cl)cc2)c2nc(=S)[nH][nH]2)cc1. The van der Waals surface area contributed by atoms with Crippen molar-refractivity contribution in [2.75, 3.05) is 0 Å². The molecule has 0 radical (unpaired) electrons. The van der Waals surface area contributed by atoms with E-state index in [4.69, 9.17) is 23.8 Å². The predicted molar refractivity (Wildman–Crippen MR) is 102 cm³/mol. The molecule has 25 heavy (non-hydrogen) atoms. The number of benzene rings is 2. The second-order valence-corrected chi connectivity index (χ2v) is 6.27. The van der Waals surface area contributed by atoms with Crippen LogP contribution in [0.2, 0.25) is 5.02 Å². The molecule has 1 amide bonds. The van der Waals surface area contributed by atoms with Crippen molar-refractivity contribution in [1.29, 1.82) is 0 Å². The molecule has 0 spiro atoms. The van der Waals surface area contributed by atoms with Gasteiger partial charge in [0.25, 0.3) is 5.91 Å². The number of carbonyl (C=O) groups is 1. The molecule has 0 atom stereocenters. The topological polar surface area (TPSA) is 73.6 Å². The van der Waals surface area contributed by atoms with Crippen molar-refractivity contribution in [3.63, 3.8) is 0 Å². The Morgan fingerprint density at radius 3 is 2.40 bits per heavy atom. The molecule has 5 nitrogen and oxygen atoms in total. The van der Waals surface area contributed by atoms with E-state index in [0.717, 1.165) is 11.1 Å². The van der Waals surface area contributed by atoms with Crippen LogP contribution in [0.15, 0.2) is 48.5 Å². The fourth-order valence-electron chi connectivity index (χ4n) is 2.19. The first-order valence-electron chi connectivity index (χ1n) is 7.51. The Labute approximate surface area is 154 Å². The van der Waals surface area contributed by atoms with Crippen LogP contribution in [-0.2, 0) is 0 Å². The van der Waals surface area contributed by atoms with Crippen LogP contribution in [-0.4, -0.2) is 21.1 Å². The lowest BCUT2D eigenvalue weighted by molar-refractivity contribution is 0.0973. The Morgan fingerprint density at radius 2 is 1.80 bits per heavy atom. The van der Waals surface area contributed by atoms with Gasteiger partial charge in [0.2, 0.25) is 4.77 Å². The summed E-state index contributed by atoms with van der Waals surface area (Å²) in [4.78, 5) is 16.7. The molecule has 0 aliphatic heterocycles. The molecule has 0 bridgehead atoms. The highest BCUT2D eigenvalue weighted by Gasteiger charge is 2.12. The van der Waals surface area contributed by atoms with Crippen LogP contribution in [0.4, 0.5) is 0 Å². The minimum absolute atomic E-state index is 0.234. The van der Waals surface area contributed by atoms with Crippen LogP contribution in [0, 0.1) is 11.7 Å². The van der Waals surface area contributed by atoms with E-state index in [0.29, 0.717) is 26.9 Å². The number of hydrogen-bond donors (Lipinski definition) is 3. The van der Waals surface area contributed by atoms with Gasteiger partial charge < -0.3 is 5.32 Å². The van der Waals surface area contributed by atoms with E-state index in [-0.39, 0.29) is 5.91 Å². The van der Waals surface area contributed by atoms with Gasteiger partial charge in [0.05, 0.1) is 5.70 Å². The molecule has 1 heterocycles. The van der Waals surface area contributed by atoms with Crippen LogP contribution in [0.5, 0.6) is 0 Å². The van der Waals surface area contributed by atoms with E-state index in [1.165, 1.54) is 0 Å². The molecular formula is C18H15ClN4OS. The van der Waals surface area contributed by atoms with Crippen molar-refractivity contribution in [3.8, 4) is 0 Å². The largest absolute Gasteiger partial charge is 0.319 e. The molecule has 1 aromatic heterocycles. The van der Waals surface area contributed by atoms with E-state index >= 15 is 0 Å². The van der Waals surface area contributed by atoms with Crippen molar-refractivity contribution in [1.82, 2.24) is 20.5 Å². The summed E-state index contributed by atoms with van der Waals surface area (Å²) in [6.07, 6.45) is 1.80. The second kappa shape index (κ2) is 7.46. The van der Waals surface area contributed by atoms with Gasteiger partial charge in [-0.3, -0.25) is 15.0 Å². The number of aromatic amines is 2. The van der Waals surface area contributed by atoms with Gasteiger partial charge in [-0.2, -0.15) is 4.98 Å². The molecule has 3 aromatic rings. The number of rotatable bonds is 4. The maximum Gasteiger partial charge on any atom is 0.255 e. The molecule has 7 heteroatoms. The quantitative estimate of drug-likeness (QED) is 0.597. The molecular weight excluding hydrogens is 356 g/mol. The third kappa shape index (κ3) is 4.43. The number of hydrogen-bond acceptors (Lipinski definition) is 3. The monoisotopic (exact) mass is 370 g/mol. The minimum Gasteiger partial charge on any atom is -0.319 e. The number of halogens is 1. The van der Waals surface area contributed by atoms with Crippen molar-refractivity contribution in [3.05, 3.63) is 80.8 Å². The lowest BCUT2D eigenvalue weighted by Gasteiger charge is -2.08. The number of carbonyl (C=O) groups excluding carboxylic acids is 1. The fourth-order valence-corrected chi connectivity index (χ4v) is 2.45. The van der Waals surface area contributed by atoms with E-state index in [2.05, 4.69) is 20.5 Å². The smallest absolute Gasteiger partial charge is 0.255 e. The van der Waals surface area contributed by atoms with Crippen LogP contribution in [0.25, 0.3) is 11.8 Å². The lowest BCUT2D eigenvalue weighted by atomic mass is 10.1. The van der Waals surface area contributed by atoms with Crippen LogP contribution >= 0.6 is 23.8 Å². The number of nitrogens with one attached hydrogen (secondary N) is 3. The maximum absolute atomic E-state index is 12.5. The molecule has 3 N–H and O–H groups in total. The summed E-state index contributed by atoms with van der Waals surface area (Å²) in [5.41, 5.74) is 3.01. The summed E-state index contributed by atoms with van der Waals surface area (Å²) in [5.74, 6) is 0.211. The second-order valence-electron chi connectivity index (χ2n) is 5.45. The van der Waals surface area contributed by atoms with Gasteiger partial charge in [-0.15, -0.1) is 0 Å². The van der Waals surface area contributed by atoms with Gasteiger partial charge >= 0.3 is 0 Å².